The maximum absolute atomic E-state index is 11.2. The summed E-state index contributed by atoms with van der Waals surface area (Å²) in [7, 11) is 0. The van der Waals surface area contributed by atoms with Gasteiger partial charge in [-0.25, -0.2) is 4.79 Å². The van der Waals surface area contributed by atoms with Crippen molar-refractivity contribution < 1.29 is 4.79 Å². The SMILES string of the molecule is CCNC(=O)Nc1nnc(CC(C)C)s1. The van der Waals surface area contributed by atoms with Crippen LogP contribution in [0.2, 0.25) is 0 Å². The standard InChI is InChI=1S/C9H16N4OS/c1-4-10-8(14)11-9-13-12-7(15-9)5-6(2)3/h6H,4-5H2,1-3H3,(H2,10,11,13,14). The minimum atomic E-state index is -0.232. The first-order chi connectivity index (χ1) is 7.11. The lowest BCUT2D eigenvalue weighted by Crippen LogP contribution is -2.28. The fraction of sp³-hybridized carbons (Fsp3) is 0.667. The molecule has 0 aliphatic carbocycles. The van der Waals surface area contributed by atoms with Gasteiger partial charge in [-0.1, -0.05) is 25.2 Å². The van der Waals surface area contributed by atoms with Gasteiger partial charge in [0.1, 0.15) is 5.01 Å². The van der Waals surface area contributed by atoms with E-state index in [1.54, 1.807) is 0 Å². The van der Waals surface area contributed by atoms with Crippen LogP contribution in [0.5, 0.6) is 0 Å². The van der Waals surface area contributed by atoms with E-state index in [0.29, 0.717) is 17.6 Å². The van der Waals surface area contributed by atoms with Crippen molar-refractivity contribution in [1.82, 2.24) is 15.5 Å². The Balaban J connectivity index is 2.49. The Bertz CT molecular complexity index is 324. The fourth-order valence-corrected chi connectivity index (χ4v) is 1.98. The van der Waals surface area contributed by atoms with Gasteiger partial charge in [0.15, 0.2) is 0 Å². The van der Waals surface area contributed by atoms with Crippen LogP contribution in [0.3, 0.4) is 0 Å². The zero-order chi connectivity index (χ0) is 11.3. The first-order valence-corrected chi connectivity index (χ1v) is 5.80. The van der Waals surface area contributed by atoms with E-state index >= 15 is 0 Å². The summed E-state index contributed by atoms with van der Waals surface area (Å²) in [5, 5.41) is 14.7. The molecule has 15 heavy (non-hydrogen) atoms. The van der Waals surface area contributed by atoms with Crippen molar-refractivity contribution in [3.05, 3.63) is 5.01 Å². The molecule has 6 heteroatoms. The van der Waals surface area contributed by atoms with Gasteiger partial charge in [0.05, 0.1) is 0 Å². The Morgan fingerprint density at radius 1 is 1.47 bits per heavy atom. The van der Waals surface area contributed by atoms with Crippen molar-refractivity contribution in [1.29, 1.82) is 0 Å². The Morgan fingerprint density at radius 3 is 2.80 bits per heavy atom. The number of anilines is 1. The highest BCUT2D eigenvalue weighted by molar-refractivity contribution is 7.15. The molecule has 1 aromatic rings. The molecule has 0 aliphatic heterocycles. The number of hydrogen-bond acceptors (Lipinski definition) is 4. The Labute approximate surface area is 93.3 Å². The fourth-order valence-electron chi connectivity index (χ4n) is 1.04. The third-order valence-corrected chi connectivity index (χ3v) is 2.47. The van der Waals surface area contributed by atoms with Gasteiger partial charge in [-0.05, 0) is 12.8 Å². The van der Waals surface area contributed by atoms with Crippen molar-refractivity contribution in [3.8, 4) is 0 Å². The molecular weight excluding hydrogens is 212 g/mol. The Kier molecular flexibility index (Phi) is 4.48. The second-order valence-corrected chi connectivity index (χ2v) is 4.65. The average molecular weight is 228 g/mol. The van der Waals surface area contributed by atoms with Gasteiger partial charge in [-0.15, -0.1) is 10.2 Å². The molecule has 2 N–H and O–H groups in total. The van der Waals surface area contributed by atoms with E-state index < -0.39 is 0 Å². The van der Waals surface area contributed by atoms with Crippen molar-refractivity contribution >= 4 is 22.5 Å². The van der Waals surface area contributed by atoms with Crippen LogP contribution in [-0.4, -0.2) is 22.8 Å². The van der Waals surface area contributed by atoms with Crippen molar-refractivity contribution in [2.24, 2.45) is 5.92 Å². The maximum atomic E-state index is 11.2. The predicted molar refractivity (Wildman–Crippen MR) is 61.1 cm³/mol. The van der Waals surface area contributed by atoms with Gasteiger partial charge < -0.3 is 5.32 Å². The molecule has 0 bridgehead atoms. The van der Waals surface area contributed by atoms with Crippen LogP contribution < -0.4 is 10.6 Å². The topological polar surface area (TPSA) is 66.9 Å². The monoisotopic (exact) mass is 228 g/mol. The molecule has 2 amide bonds. The van der Waals surface area contributed by atoms with Crippen LogP contribution >= 0.6 is 11.3 Å². The summed E-state index contributed by atoms with van der Waals surface area (Å²) in [5.74, 6) is 0.551. The Morgan fingerprint density at radius 2 is 2.20 bits per heavy atom. The van der Waals surface area contributed by atoms with Gasteiger partial charge in [0.2, 0.25) is 5.13 Å². The van der Waals surface area contributed by atoms with Crippen molar-refractivity contribution in [2.75, 3.05) is 11.9 Å². The van der Waals surface area contributed by atoms with E-state index in [0.717, 1.165) is 11.4 Å². The second-order valence-electron chi connectivity index (χ2n) is 3.58. The number of nitrogens with zero attached hydrogens (tertiary/aromatic N) is 2. The zero-order valence-electron chi connectivity index (χ0n) is 9.20. The maximum Gasteiger partial charge on any atom is 0.321 e. The molecule has 84 valence electrons. The molecule has 0 saturated heterocycles. The summed E-state index contributed by atoms with van der Waals surface area (Å²) in [4.78, 5) is 11.2. The summed E-state index contributed by atoms with van der Waals surface area (Å²) in [6.45, 7) is 6.71. The molecule has 0 unspecified atom stereocenters. The van der Waals surface area contributed by atoms with E-state index in [4.69, 9.17) is 0 Å². The number of aromatic nitrogens is 2. The highest BCUT2D eigenvalue weighted by atomic mass is 32.1. The summed E-state index contributed by atoms with van der Waals surface area (Å²) in [6, 6.07) is -0.232. The zero-order valence-corrected chi connectivity index (χ0v) is 10.0. The smallest absolute Gasteiger partial charge is 0.321 e. The molecule has 0 aromatic carbocycles. The predicted octanol–water partition coefficient (Wildman–Crippen LogP) is 1.88. The molecule has 1 rings (SSSR count). The second kappa shape index (κ2) is 5.65. The molecule has 5 nitrogen and oxygen atoms in total. The van der Waals surface area contributed by atoms with Crippen LogP contribution in [0, 0.1) is 5.92 Å². The molecular formula is C9H16N4OS. The number of carbonyl (C=O) groups is 1. The lowest BCUT2D eigenvalue weighted by atomic mass is 10.1. The molecule has 0 saturated carbocycles. The minimum Gasteiger partial charge on any atom is -0.338 e. The first kappa shape index (κ1) is 11.9. The third-order valence-electron chi connectivity index (χ3n) is 1.61. The number of carbonyl (C=O) groups excluding carboxylic acids is 1. The number of rotatable bonds is 4. The normalized spacial score (nSPS) is 10.4. The van der Waals surface area contributed by atoms with Crippen LogP contribution in [0.1, 0.15) is 25.8 Å². The van der Waals surface area contributed by atoms with E-state index in [9.17, 15) is 4.79 Å². The van der Waals surface area contributed by atoms with Crippen molar-refractivity contribution in [2.45, 2.75) is 27.2 Å². The molecule has 0 spiro atoms. The highest BCUT2D eigenvalue weighted by Crippen LogP contribution is 2.17. The summed E-state index contributed by atoms with van der Waals surface area (Å²) in [6.07, 6.45) is 0.898. The van der Waals surface area contributed by atoms with Crippen LogP contribution in [0.4, 0.5) is 9.93 Å². The number of amides is 2. The van der Waals surface area contributed by atoms with E-state index in [1.807, 2.05) is 6.92 Å². The summed E-state index contributed by atoms with van der Waals surface area (Å²) < 4.78 is 0. The number of hydrogen-bond donors (Lipinski definition) is 2. The largest absolute Gasteiger partial charge is 0.338 e. The van der Waals surface area contributed by atoms with Gasteiger partial charge in [0.25, 0.3) is 0 Å². The molecule has 1 heterocycles. The minimum absolute atomic E-state index is 0.232. The van der Waals surface area contributed by atoms with Crippen LogP contribution in [0.15, 0.2) is 0 Å². The summed E-state index contributed by atoms with van der Waals surface area (Å²) in [5.41, 5.74) is 0. The van der Waals surface area contributed by atoms with Gasteiger partial charge in [-0.3, -0.25) is 5.32 Å². The van der Waals surface area contributed by atoms with E-state index in [-0.39, 0.29) is 6.03 Å². The molecule has 0 fully saturated rings. The quantitative estimate of drug-likeness (QED) is 0.826. The van der Waals surface area contributed by atoms with E-state index in [2.05, 4.69) is 34.7 Å². The van der Waals surface area contributed by atoms with Gasteiger partial charge >= 0.3 is 6.03 Å². The number of nitrogens with one attached hydrogen (secondary N) is 2. The van der Waals surface area contributed by atoms with E-state index in [1.165, 1.54) is 11.3 Å². The Hall–Kier alpha value is -1.17. The van der Waals surface area contributed by atoms with Crippen LogP contribution in [0.25, 0.3) is 0 Å². The van der Waals surface area contributed by atoms with Crippen LogP contribution in [-0.2, 0) is 6.42 Å². The summed E-state index contributed by atoms with van der Waals surface area (Å²) >= 11 is 1.42. The molecule has 1 aromatic heterocycles. The van der Waals surface area contributed by atoms with Gasteiger partial charge in [-0.2, -0.15) is 0 Å². The van der Waals surface area contributed by atoms with Crippen molar-refractivity contribution in [3.63, 3.8) is 0 Å². The molecule has 0 radical (unpaired) electrons. The lowest BCUT2D eigenvalue weighted by Gasteiger charge is -2.00. The highest BCUT2D eigenvalue weighted by Gasteiger charge is 2.08. The molecule has 0 aliphatic rings. The van der Waals surface area contributed by atoms with Gasteiger partial charge in [0, 0.05) is 13.0 Å². The number of urea groups is 1. The lowest BCUT2D eigenvalue weighted by molar-refractivity contribution is 0.252. The molecule has 0 atom stereocenters. The third kappa shape index (κ3) is 4.24. The first-order valence-electron chi connectivity index (χ1n) is 4.99. The average Bonchev–Trinajstić information content (AvgIpc) is 2.51.